The Kier molecular flexibility index (Phi) is 5.75. The average molecular weight is 383 g/mol. The van der Waals surface area contributed by atoms with E-state index in [0.29, 0.717) is 37.9 Å². The number of rotatable bonds is 5. The lowest BCUT2D eigenvalue weighted by molar-refractivity contribution is 0.0605. The molecule has 3 rings (SSSR count). The number of hydrogen-bond donors (Lipinski definition) is 0. The Morgan fingerprint density at radius 3 is 2.48 bits per heavy atom. The van der Waals surface area contributed by atoms with E-state index >= 15 is 0 Å². The SMILES string of the molecule is CCCCS(=O)(=O)N1CCC2(CC1)SCCN2C(=O)c1ccccc1. The summed E-state index contributed by atoms with van der Waals surface area (Å²) in [6.07, 6.45) is 3.01. The topological polar surface area (TPSA) is 57.7 Å². The van der Waals surface area contributed by atoms with E-state index in [1.807, 2.05) is 53.9 Å². The number of amides is 1. The highest BCUT2D eigenvalue weighted by Crippen LogP contribution is 2.44. The van der Waals surface area contributed by atoms with Crippen LogP contribution in [0.1, 0.15) is 43.0 Å². The van der Waals surface area contributed by atoms with Crippen LogP contribution in [0.4, 0.5) is 0 Å². The minimum absolute atomic E-state index is 0.0629. The molecule has 2 heterocycles. The van der Waals surface area contributed by atoms with Gasteiger partial charge >= 0.3 is 0 Å². The van der Waals surface area contributed by atoms with Crippen LogP contribution in [-0.2, 0) is 10.0 Å². The first-order valence-electron chi connectivity index (χ1n) is 8.97. The summed E-state index contributed by atoms with van der Waals surface area (Å²) < 4.78 is 26.5. The first-order chi connectivity index (χ1) is 12.0. The molecule has 5 nitrogen and oxygen atoms in total. The Hall–Kier alpha value is -1.05. The third-order valence-corrected chi connectivity index (χ3v) is 8.61. The molecule has 1 aromatic rings. The molecule has 0 saturated carbocycles. The minimum Gasteiger partial charge on any atom is -0.323 e. The van der Waals surface area contributed by atoms with Crippen LogP contribution in [0.3, 0.4) is 0 Å². The highest BCUT2D eigenvalue weighted by Gasteiger charge is 2.47. The molecule has 0 aromatic heterocycles. The first-order valence-corrected chi connectivity index (χ1v) is 11.6. The van der Waals surface area contributed by atoms with E-state index in [-0.39, 0.29) is 16.5 Å². The van der Waals surface area contributed by atoms with Gasteiger partial charge in [0.25, 0.3) is 5.91 Å². The van der Waals surface area contributed by atoms with E-state index in [4.69, 9.17) is 0 Å². The summed E-state index contributed by atoms with van der Waals surface area (Å²) in [6.45, 7) is 3.76. The molecule has 25 heavy (non-hydrogen) atoms. The van der Waals surface area contributed by atoms with E-state index in [2.05, 4.69) is 0 Å². The Morgan fingerprint density at radius 2 is 1.84 bits per heavy atom. The largest absolute Gasteiger partial charge is 0.323 e. The van der Waals surface area contributed by atoms with Gasteiger partial charge in [-0.15, -0.1) is 11.8 Å². The maximum Gasteiger partial charge on any atom is 0.254 e. The third-order valence-electron chi connectivity index (χ3n) is 5.10. The monoisotopic (exact) mass is 382 g/mol. The number of thioether (sulfide) groups is 1. The van der Waals surface area contributed by atoms with Crippen LogP contribution in [0.25, 0.3) is 0 Å². The fourth-order valence-corrected chi connectivity index (χ4v) is 6.72. The van der Waals surface area contributed by atoms with Crippen molar-refractivity contribution in [2.75, 3.05) is 31.1 Å². The van der Waals surface area contributed by atoms with Crippen molar-refractivity contribution < 1.29 is 13.2 Å². The van der Waals surface area contributed by atoms with Crippen LogP contribution in [0.15, 0.2) is 30.3 Å². The number of sulfonamides is 1. The zero-order valence-corrected chi connectivity index (χ0v) is 16.3. The summed E-state index contributed by atoms with van der Waals surface area (Å²) in [4.78, 5) is 14.6. The summed E-state index contributed by atoms with van der Waals surface area (Å²) in [5.41, 5.74) is 0.711. The average Bonchev–Trinajstić information content (AvgIpc) is 3.03. The predicted octanol–water partition coefficient (Wildman–Crippen LogP) is 2.80. The molecular weight excluding hydrogens is 356 g/mol. The lowest BCUT2D eigenvalue weighted by Crippen LogP contribution is -2.53. The standard InChI is InChI=1S/C18H26N2O3S2/c1-2-3-15-25(22,23)19-11-9-18(10-12-19)20(13-14-24-18)17(21)16-7-5-4-6-8-16/h4-8H,2-3,9-15H2,1H3. The summed E-state index contributed by atoms with van der Waals surface area (Å²) in [5.74, 6) is 1.21. The molecule has 1 spiro atoms. The molecule has 2 saturated heterocycles. The van der Waals surface area contributed by atoms with Gasteiger partial charge in [0, 0.05) is 31.0 Å². The van der Waals surface area contributed by atoms with Crippen molar-refractivity contribution in [3.63, 3.8) is 0 Å². The maximum absolute atomic E-state index is 12.9. The van der Waals surface area contributed by atoms with Gasteiger partial charge in [-0.2, -0.15) is 0 Å². The molecule has 0 aliphatic carbocycles. The van der Waals surface area contributed by atoms with Gasteiger partial charge in [0.2, 0.25) is 10.0 Å². The van der Waals surface area contributed by atoms with E-state index in [1.54, 1.807) is 4.31 Å². The van der Waals surface area contributed by atoms with Crippen molar-refractivity contribution in [2.45, 2.75) is 37.5 Å². The first kappa shape index (κ1) is 18.7. The number of hydrogen-bond acceptors (Lipinski definition) is 4. The zero-order chi connectivity index (χ0) is 17.9. The number of benzene rings is 1. The second kappa shape index (κ2) is 7.68. The molecule has 0 unspecified atom stereocenters. The van der Waals surface area contributed by atoms with Gasteiger partial charge < -0.3 is 4.90 Å². The molecule has 0 N–H and O–H groups in total. The Balaban J connectivity index is 1.70. The van der Waals surface area contributed by atoms with Crippen molar-refractivity contribution in [1.29, 1.82) is 0 Å². The fraction of sp³-hybridized carbons (Fsp3) is 0.611. The Morgan fingerprint density at radius 1 is 1.16 bits per heavy atom. The Labute approximate surface area is 154 Å². The molecular formula is C18H26N2O3S2. The molecule has 2 aliphatic rings. The molecule has 0 bridgehead atoms. The minimum atomic E-state index is -3.16. The van der Waals surface area contributed by atoms with Crippen LogP contribution in [0.2, 0.25) is 0 Å². The summed E-state index contributed by atoms with van der Waals surface area (Å²) in [7, 11) is -3.16. The van der Waals surface area contributed by atoms with Crippen LogP contribution in [-0.4, -0.2) is 59.5 Å². The van der Waals surface area contributed by atoms with Crippen molar-refractivity contribution in [1.82, 2.24) is 9.21 Å². The zero-order valence-electron chi connectivity index (χ0n) is 14.7. The van der Waals surface area contributed by atoms with Crippen molar-refractivity contribution in [3.05, 3.63) is 35.9 Å². The van der Waals surface area contributed by atoms with Gasteiger partial charge in [-0.3, -0.25) is 4.79 Å². The summed E-state index contributed by atoms with van der Waals surface area (Å²) >= 11 is 1.81. The van der Waals surface area contributed by atoms with Gasteiger partial charge in [0.05, 0.1) is 10.6 Å². The lowest BCUT2D eigenvalue weighted by atomic mass is 10.0. The van der Waals surface area contributed by atoms with Crippen molar-refractivity contribution in [3.8, 4) is 0 Å². The van der Waals surface area contributed by atoms with Gasteiger partial charge in [0.1, 0.15) is 0 Å². The van der Waals surface area contributed by atoms with Crippen LogP contribution < -0.4 is 0 Å². The fourth-order valence-electron chi connectivity index (χ4n) is 3.62. The number of carbonyl (C=O) groups is 1. The summed E-state index contributed by atoms with van der Waals surface area (Å²) in [6, 6.07) is 9.37. The highest BCUT2D eigenvalue weighted by molar-refractivity contribution is 8.00. The van der Waals surface area contributed by atoms with Gasteiger partial charge in [-0.1, -0.05) is 31.5 Å². The van der Waals surface area contributed by atoms with Gasteiger partial charge in [-0.05, 0) is 31.4 Å². The van der Waals surface area contributed by atoms with Gasteiger partial charge in [-0.25, -0.2) is 12.7 Å². The number of nitrogens with zero attached hydrogens (tertiary/aromatic N) is 2. The number of carbonyl (C=O) groups excluding carboxylic acids is 1. The molecule has 0 radical (unpaired) electrons. The smallest absolute Gasteiger partial charge is 0.254 e. The van der Waals surface area contributed by atoms with Crippen LogP contribution >= 0.6 is 11.8 Å². The van der Waals surface area contributed by atoms with Crippen molar-refractivity contribution in [2.24, 2.45) is 0 Å². The maximum atomic E-state index is 12.9. The number of unbranched alkanes of at least 4 members (excludes halogenated alkanes) is 1. The molecule has 138 valence electrons. The van der Waals surface area contributed by atoms with E-state index < -0.39 is 10.0 Å². The molecule has 7 heteroatoms. The quantitative estimate of drug-likeness (QED) is 0.786. The molecule has 2 aliphatic heterocycles. The second-order valence-corrected chi connectivity index (χ2v) is 10.2. The molecule has 0 atom stereocenters. The Bertz CT molecular complexity index is 698. The number of piperidine rings is 1. The molecule has 2 fully saturated rings. The summed E-state index contributed by atoms with van der Waals surface area (Å²) in [5, 5.41) is 0. The van der Waals surface area contributed by atoms with Crippen molar-refractivity contribution >= 4 is 27.7 Å². The van der Waals surface area contributed by atoms with E-state index in [1.165, 1.54) is 0 Å². The van der Waals surface area contributed by atoms with E-state index in [9.17, 15) is 13.2 Å². The van der Waals surface area contributed by atoms with Crippen LogP contribution in [0, 0.1) is 0 Å². The predicted molar refractivity (Wildman–Crippen MR) is 102 cm³/mol. The van der Waals surface area contributed by atoms with E-state index in [0.717, 1.165) is 18.7 Å². The highest BCUT2D eigenvalue weighted by atomic mass is 32.2. The lowest BCUT2D eigenvalue weighted by Gasteiger charge is -2.43. The third kappa shape index (κ3) is 3.88. The normalized spacial score (nSPS) is 20.9. The molecule has 1 amide bonds. The van der Waals surface area contributed by atoms with Gasteiger partial charge in [0.15, 0.2) is 0 Å². The van der Waals surface area contributed by atoms with Crippen LogP contribution in [0.5, 0.6) is 0 Å². The second-order valence-electron chi connectivity index (χ2n) is 6.69. The molecule has 1 aromatic carbocycles.